The van der Waals surface area contributed by atoms with E-state index in [0.717, 1.165) is 28.2 Å². The SMILES string of the molecule is NC(=O)N(c1ccc(Cl)c(C(F)(F)F)c1)c1cccc2c1CCC(O)C2. The average Bonchev–Trinajstić information content (AvgIpc) is 2.55. The van der Waals surface area contributed by atoms with Gasteiger partial charge >= 0.3 is 12.2 Å². The highest BCUT2D eigenvalue weighted by molar-refractivity contribution is 6.31. The van der Waals surface area contributed by atoms with Crippen molar-refractivity contribution in [2.45, 2.75) is 31.5 Å². The Bertz CT molecular complexity index is 855. The maximum Gasteiger partial charge on any atom is 0.417 e. The molecule has 3 rings (SSSR count). The van der Waals surface area contributed by atoms with Crippen molar-refractivity contribution in [2.24, 2.45) is 5.73 Å². The number of urea groups is 1. The molecule has 1 unspecified atom stereocenters. The first kappa shape index (κ1) is 18.5. The molecular formula is C18H16ClF3N2O2. The van der Waals surface area contributed by atoms with Gasteiger partial charge in [0.15, 0.2) is 0 Å². The second kappa shape index (κ2) is 6.81. The minimum Gasteiger partial charge on any atom is -0.393 e. The van der Waals surface area contributed by atoms with Gasteiger partial charge in [-0.2, -0.15) is 13.2 Å². The predicted molar refractivity (Wildman–Crippen MR) is 92.7 cm³/mol. The van der Waals surface area contributed by atoms with Crippen LogP contribution in [-0.2, 0) is 19.0 Å². The molecule has 8 heteroatoms. The molecule has 0 bridgehead atoms. The number of anilines is 2. The molecular weight excluding hydrogens is 369 g/mol. The standard InChI is InChI=1S/C18H16ClF3N2O2/c19-15-7-4-11(9-14(15)18(20,21)22)24(17(23)26)16-3-1-2-10-8-12(25)5-6-13(10)16/h1-4,7,9,12,25H,5-6,8H2,(H2,23,26). The molecule has 1 aliphatic carbocycles. The van der Waals surface area contributed by atoms with Crippen molar-refractivity contribution in [1.82, 2.24) is 0 Å². The van der Waals surface area contributed by atoms with E-state index in [9.17, 15) is 23.1 Å². The number of benzene rings is 2. The Balaban J connectivity index is 2.13. The van der Waals surface area contributed by atoms with Crippen LogP contribution in [0.2, 0.25) is 5.02 Å². The predicted octanol–water partition coefficient (Wildman–Crippen LogP) is 4.43. The van der Waals surface area contributed by atoms with Gasteiger partial charge in [0.1, 0.15) is 0 Å². The molecule has 2 aromatic rings. The van der Waals surface area contributed by atoms with Gasteiger partial charge in [-0.1, -0.05) is 23.7 Å². The minimum atomic E-state index is -4.66. The van der Waals surface area contributed by atoms with Gasteiger partial charge in [-0.3, -0.25) is 4.90 Å². The molecule has 2 amide bonds. The zero-order chi connectivity index (χ0) is 19.1. The first-order valence-corrected chi connectivity index (χ1v) is 8.31. The van der Waals surface area contributed by atoms with Crippen LogP contribution in [0.5, 0.6) is 0 Å². The zero-order valence-electron chi connectivity index (χ0n) is 13.6. The van der Waals surface area contributed by atoms with E-state index >= 15 is 0 Å². The lowest BCUT2D eigenvalue weighted by Gasteiger charge is -2.29. The molecule has 0 radical (unpaired) electrons. The molecule has 1 aliphatic rings. The molecule has 0 fully saturated rings. The molecule has 0 aromatic heterocycles. The van der Waals surface area contributed by atoms with Crippen LogP contribution in [0.1, 0.15) is 23.1 Å². The lowest BCUT2D eigenvalue weighted by molar-refractivity contribution is -0.137. The van der Waals surface area contributed by atoms with Gasteiger partial charge < -0.3 is 10.8 Å². The van der Waals surface area contributed by atoms with Crippen LogP contribution in [0.15, 0.2) is 36.4 Å². The Morgan fingerprint density at radius 2 is 2.00 bits per heavy atom. The lowest BCUT2D eigenvalue weighted by Crippen LogP contribution is -2.33. The number of carbonyl (C=O) groups excluding carboxylic acids is 1. The fourth-order valence-corrected chi connectivity index (χ4v) is 3.46. The third-order valence-corrected chi connectivity index (χ3v) is 4.74. The van der Waals surface area contributed by atoms with Gasteiger partial charge in [0, 0.05) is 0 Å². The normalized spacial score (nSPS) is 16.9. The summed E-state index contributed by atoms with van der Waals surface area (Å²) in [7, 11) is 0. The van der Waals surface area contributed by atoms with Gasteiger partial charge in [0.2, 0.25) is 0 Å². The van der Waals surface area contributed by atoms with E-state index < -0.39 is 28.9 Å². The Morgan fingerprint density at radius 1 is 1.27 bits per heavy atom. The van der Waals surface area contributed by atoms with Gasteiger partial charge in [-0.25, -0.2) is 4.79 Å². The first-order chi connectivity index (χ1) is 12.2. The summed E-state index contributed by atoms with van der Waals surface area (Å²) in [5.41, 5.74) is 6.47. The smallest absolute Gasteiger partial charge is 0.393 e. The summed E-state index contributed by atoms with van der Waals surface area (Å²) in [6, 6.07) is 7.45. The number of fused-ring (bicyclic) bond motifs is 1. The van der Waals surface area contributed by atoms with E-state index in [2.05, 4.69) is 0 Å². The molecule has 0 saturated heterocycles. The third kappa shape index (κ3) is 3.50. The van der Waals surface area contributed by atoms with Crippen LogP contribution in [0.4, 0.5) is 29.3 Å². The number of halogens is 4. The molecule has 26 heavy (non-hydrogen) atoms. The first-order valence-electron chi connectivity index (χ1n) is 7.93. The van der Waals surface area contributed by atoms with E-state index in [4.69, 9.17) is 17.3 Å². The second-order valence-electron chi connectivity index (χ2n) is 6.15. The highest BCUT2D eigenvalue weighted by atomic mass is 35.5. The zero-order valence-corrected chi connectivity index (χ0v) is 14.3. The van der Waals surface area contributed by atoms with E-state index in [1.807, 2.05) is 6.07 Å². The van der Waals surface area contributed by atoms with Gasteiger partial charge in [-0.05, 0) is 54.7 Å². The van der Waals surface area contributed by atoms with Crippen LogP contribution in [-0.4, -0.2) is 17.2 Å². The highest BCUT2D eigenvalue weighted by Gasteiger charge is 2.34. The largest absolute Gasteiger partial charge is 0.417 e. The van der Waals surface area contributed by atoms with Crippen LogP contribution < -0.4 is 10.6 Å². The monoisotopic (exact) mass is 384 g/mol. The Labute approximate surface area is 153 Å². The number of aliphatic hydroxyl groups excluding tert-OH is 1. The van der Waals surface area contributed by atoms with E-state index in [0.29, 0.717) is 24.9 Å². The van der Waals surface area contributed by atoms with Crippen LogP contribution >= 0.6 is 11.6 Å². The topological polar surface area (TPSA) is 66.6 Å². The summed E-state index contributed by atoms with van der Waals surface area (Å²) >= 11 is 5.66. The number of primary amides is 1. The molecule has 0 heterocycles. The van der Waals surface area contributed by atoms with Crippen LogP contribution in [0.3, 0.4) is 0 Å². The van der Waals surface area contributed by atoms with E-state index in [-0.39, 0.29) is 5.69 Å². The fourth-order valence-electron chi connectivity index (χ4n) is 3.23. The molecule has 4 nitrogen and oxygen atoms in total. The molecule has 1 atom stereocenters. The number of aliphatic hydroxyl groups is 1. The van der Waals surface area contributed by atoms with Crippen molar-refractivity contribution in [3.63, 3.8) is 0 Å². The lowest BCUT2D eigenvalue weighted by atomic mass is 9.88. The summed E-state index contributed by atoms with van der Waals surface area (Å²) in [6.07, 6.45) is -3.71. The van der Waals surface area contributed by atoms with Crippen molar-refractivity contribution >= 4 is 29.0 Å². The van der Waals surface area contributed by atoms with Crippen LogP contribution in [0, 0.1) is 0 Å². The Morgan fingerprint density at radius 3 is 2.65 bits per heavy atom. The number of nitrogens with two attached hydrogens (primary N) is 1. The summed E-state index contributed by atoms with van der Waals surface area (Å²) in [6.45, 7) is 0. The number of amides is 2. The Hall–Kier alpha value is -2.25. The number of hydrogen-bond acceptors (Lipinski definition) is 2. The average molecular weight is 385 g/mol. The van der Waals surface area contributed by atoms with Crippen molar-refractivity contribution in [1.29, 1.82) is 0 Å². The number of hydrogen-bond donors (Lipinski definition) is 2. The maximum atomic E-state index is 13.2. The molecule has 0 aliphatic heterocycles. The number of carbonyl (C=O) groups is 1. The molecule has 2 aromatic carbocycles. The number of nitrogens with zero attached hydrogens (tertiary/aromatic N) is 1. The third-order valence-electron chi connectivity index (χ3n) is 4.41. The summed E-state index contributed by atoms with van der Waals surface area (Å²) in [4.78, 5) is 13.1. The summed E-state index contributed by atoms with van der Waals surface area (Å²) in [5, 5.41) is 9.37. The van der Waals surface area contributed by atoms with Crippen molar-refractivity contribution in [3.8, 4) is 0 Å². The van der Waals surface area contributed by atoms with Crippen molar-refractivity contribution in [2.75, 3.05) is 4.90 Å². The van der Waals surface area contributed by atoms with Gasteiger partial charge in [0.05, 0.1) is 28.1 Å². The minimum absolute atomic E-state index is 0.0197. The molecule has 3 N–H and O–H groups in total. The fraction of sp³-hybridized carbons (Fsp3) is 0.278. The van der Waals surface area contributed by atoms with E-state index in [1.54, 1.807) is 12.1 Å². The van der Waals surface area contributed by atoms with Gasteiger partial charge in [0.25, 0.3) is 0 Å². The van der Waals surface area contributed by atoms with Crippen LogP contribution in [0.25, 0.3) is 0 Å². The summed E-state index contributed by atoms with van der Waals surface area (Å²) in [5.74, 6) is 0. The van der Waals surface area contributed by atoms with Gasteiger partial charge in [-0.15, -0.1) is 0 Å². The maximum absolute atomic E-state index is 13.2. The number of alkyl halides is 3. The number of rotatable bonds is 2. The summed E-state index contributed by atoms with van der Waals surface area (Å²) < 4.78 is 39.5. The van der Waals surface area contributed by atoms with E-state index in [1.165, 1.54) is 6.07 Å². The van der Waals surface area contributed by atoms with Crippen molar-refractivity contribution < 1.29 is 23.1 Å². The second-order valence-corrected chi connectivity index (χ2v) is 6.55. The molecule has 0 spiro atoms. The highest BCUT2D eigenvalue weighted by Crippen LogP contribution is 2.40. The quantitative estimate of drug-likeness (QED) is 0.804. The van der Waals surface area contributed by atoms with Crippen molar-refractivity contribution in [3.05, 3.63) is 58.1 Å². The molecule has 138 valence electrons. The molecule has 0 saturated carbocycles. The Kier molecular flexibility index (Phi) is 4.86.